The summed E-state index contributed by atoms with van der Waals surface area (Å²) in [5, 5.41) is 8.97. The molecule has 0 spiro atoms. The number of morpholine rings is 1. The number of thioether (sulfide) groups is 1. The minimum atomic E-state index is -0.907. The Morgan fingerprint density at radius 2 is 2.05 bits per heavy atom. The molecule has 110 valence electrons. The van der Waals surface area contributed by atoms with Crippen LogP contribution in [0.5, 0.6) is 0 Å². The highest BCUT2D eigenvalue weighted by Gasteiger charge is 2.35. The maximum Gasteiger partial charge on any atom is 0.238 e. The number of hydrogen-bond acceptors (Lipinski definition) is 6. The van der Waals surface area contributed by atoms with Gasteiger partial charge in [0.25, 0.3) is 0 Å². The molecule has 0 aromatic rings. The van der Waals surface area contributed by atoms with Crippen LogP contribution in [0.15, 0.2) is 0 Å². The summed E-state index contributed by atoms with van der Waals surface area (Å²) in [5.74, 6) is -0.417. The third kappa shape index (κ3) is 4.64. The summed E-state index contributed by atoms with van der Waals surface area (Å²) in [6, 6.07) is -0.907. The lowest BCUT2D eigenvalue weighted by atomic mass is 10.0. The fourth-order valence-corrected chi connectivity index (χ4v) is 2.81. The van der Waals surface area contributed by atoms with Crippen molar-refractivity contribution in [2.24, 2.45) is 5.73 Å². The molecule has 1 atom stereocenters. The number of hydroxylamine groups is 1. The average Bonchev–Trinajstić information content (AvgIpc) is 2.37. The van der Waals surface area contributed by atoms with Crippen molar-refractivity contribution in [3.05, 3.63) is 0 Å². The van der Waals surface area contributed by atoms with Crippen molar-refractivity contribution in [2.75, 3.05) is 32.1 Å². The second-order valence-corrected chi connectivity index (χ2v) is 6.48. The number of nitrogens with zero attached hydrogens (tertiary/aromatic N) is 1. The number of nitrogens with one attached hydrogen (secondary N) is 1. The molecule has 4 N–H and O–H groups in total. The number of hydrogen-bond donors (Lipinski definition) is 3. The van der Waals surface area contributed by atoms with E-state index in [0.29, 0.717) is 26.3 Å². The lowest BCUT2D eigenvalue weighted by Crippen LogP contribution is -2.52. The molecule has 0 bridgehead atoms. The van der Waals surface area contributed by atoms with Gasteiger partial charge in [0.05, 0.1) is 19.0 Å². The van der Waals surface area contributed by atoms with Crippen molar-refractivity contribution < 1.29 is 19.5 Å². The Morgan fingerprint density at radius 1 is 1.47 bits per heavy atom. The van der Waals surface area contributed by atoms with Crippen molar-refractivity contribution >= 4 is 23.6 Å². The molecule has 1 fully saturated rings. The first kappa shape index (κ1) is 16.2. The van der Waals surface area contributed by atoms with Crippen LogP contribution in [0.4, 0.5) is 0 Å². The molecule has 19 heavy (non-hydrogen) atoms. The Balaban J connectivity index is 2.49. The maximum atomic E-state index is 12.0. The minimum Gasteiger partial charge on any atom is -0.378 e. The van der Waals surface area contributed by atoms with Crippen molar-refractivity contribution in [3.8, 4) is 0 Å². The van der Waals surface area contributed by atoms with E-state index in [9.17, 15) is 9.59 Å². The van der Waals surface area contributed by atoms with Crippen LogP contribution in [-0.2, 0) is 14.3 Å². The standard InChI is InChI=1S/C11H21N3O4S/c1-11(2,9(13-17)10(12)16)19-7-8(15)14-3-5-18-6-4-14/h9,13,17H,3-7H2,1-2H3,(H2,12,16)/t9-/m0/s1. The van der Waals surface area contributed by atoms with Gasteiger partial charge in [0, 0.05) is 17.8 Å². The molecule has 0 saturated carbocycles. The third-order valence-corrected chi connectivity index (χ3v) is 4.41. The van der Waals surface area contributed by atoms with E-state index in [4.69, 9.17) is 15.7 Å². The fraction of sp³-hybridized carbons (Fsp3) is 0.818. The fourth-order valence-electron chi connectivity index (χ4n) is 1.80. The number of primary amides is 1. The second kappa shape index (κ2) is 7.09. The van der Waals surface area contributed by atoms with Crippen LogP contribution in [0.3, 0.4) is 0 Å². The van der Waals surface area contributed by atoms with Crippen LogP contribution in [0.1, 0.15) is 13.8 Å². The van der Waals surface area contributed by atoms with Crippen molar-refractivity contribution in [2.45, 2.75) is 24.6 Å². The van der Waals surface area contributed by atoms with Gasteiger partial charge in [-0.15, -0.1) is 11.8 Å². The molecule has 0 aromatic heterocycles. The molecule has 8 heteroatoms. The van der Waals surface area contributed by atoms with Gasteiger partial charge in [0.15, 0.2) is 0 Å². The molecule has 1 rings (SSSR count). The highest BCUT2D eigenvalue weighted by molar-refractivity contribution is 8.01. The zero-order valence-corrected chi connectivity index (χ0v) is 12.0. The summed E-state index contributed by atoms with van der Waals surface area (Å²) in [7, 11) is 0. The molecule has 0 radical (unpaired) electrons. The van der Waals surface area contributed by atoms with Gasteiger partial charge < -0.3 is 20.6 Å². The quantitative estimate of drug-likeness (QED) is 0.553. The van der Waals surface area contributed by atoms with E-state index in [1.165, 1.54) is 11.8 Å². The second-order valence-electron chi connectivity index (χ2n) is 4.85. The van der Waals surface area contributed by atoms with Gasteiger partial charge in [-0.2, -0.15) is 5.48 Å². The number of nitrogens with two attached hydrogens (primary N) is 1. The van der Waals surface area contributed by atoms with Gasteiger partial charge in [-0.05, 0) is 13.8 Å². The van der Waals surface area contributed by atoms with Gasteiger partial charge in [0.2, 0.25) is 11.8 Å². The van der Waals surface area contributed by atoms with Crippen LogP contribution < -0.4 is 11.2 Å². The number of carbonyl (C=O) groups excluding carboxylic acids is 2. The smallest absolute Gasteiger partial charge is 0.238 e. The van der Waals surface area contributed by atoms with E-state index >= 15 is 0 Å². The van der Waals surface area contributed by atoms with Gasteiger partial charge in [-0.1, -0.05) is 0 Å². The average molecular weight is 291 g/mol. The molecule has 0 aliphatic carbocycles. The van der Waals surface area contributed by atoms with Crippen molar-refractivity contribution in [1.82, 2.24) is 10.4 Å². The number of amides is 2. The van der Waals surface area contributed by atoms with E-state index in [0.717, 1.165) is 0 Å². The molecular weight excluding hydrogens is 270 g/mol. The molecule has 1 saturated heterocycles. The first-order chi connectivity index (χ1) is 8.88. The van der Waals surface area contributed by atoms with E-state index in [1.807, 2.05) is 5.48 Å². The highest BCUT2D eigenvalue weighted by Crippen LogP contribution is 2.28. The zero-order valence-electron chi connectivity index (χ0n) is 11.2. The summed E-state index contributed by atoms with van der Waals surface area (Å²) < 4.78 is 4.50. The summed E-state index contributed by atoms with van der Waals surface area (Å²) in [6.45, 7) is 5.81. The van der Waals surface area contributed by atoms with Crippen LogP contribution in [0, 0.1) is 0 Å². The normalized spacial score (nSPS) is 18.2. The summed E-state index contributed by atoms with van der Waals surface area (Å²) in [5.41, 5.74) is 7.10. The Bertz CT molecular complexity index is 332. The minimum absolute atomic E-state index is 0.00235. The van der Waals surface area contributed by atoms with E-state index in [2.05, 4.69) is 0 Å². The molecule has 7 nitrogen and oxygen atoms in total. The maximum absolute atomic E-state index is 12.0. The lowest BCUT2D eigenvalue weighted by molar-refractivity contribution is -0.132. The first-order valence-electron chi connectivity index (χ1n) is 6.07. The first-order valence-corrected chi connectivity index (χ1v) is 7.05. The van der Waals surface area contributed by atoms with Gasteiger partial charge in [-0.25, -0.2) is 0 Å². The number of ether oxygens (including phenoxy) is 1. The Kier molecular flexibility index (Phi) is 6.05. The molecule has 1 heterocycles. The van der Waals surface area contributed by atoms with Crippen LogP contribution in [0.2, 0.25) is 0 Å². The third-order valence-electron chi connectivity index (χ3n) is 3.04. The van der Waals surface area contributed by atoms with Crippen LogP contribution in [0.25, 0.3) is 0 Å². The SMILES string of the molecule is CC(C)(SCC(=O)N1CCOCC1)[C@@H](NO)C(N)=O. The summed E-state index contributed by atoms with van der Waals surface area (Å²) >= 11 is 1.29. The van der Waals surface area contributed by atoms with Crippen molar-refractivity contribution in [1.29, 1.82) is 0 Å². The Labute approximate surface area is 116 Å². The number of carbonyl (C=O) groups is 2. The predicted molar refractivity (Wildman–Crippen MR) is 71.8 cm³/mol. The molecule has 0 aromatic carbocycles. The van der Waals surface area contributed by atoms with Crippen molar-refractivity contribution in [3.63, 3.8) is 0 Å². The number of rotatable bonds is 6. The van der Waals surface area contributed by atoms with E-state index in [-0.39, 0.29) is 11.7 Å². The highest BCUT2D eigenvalue weighted by atomic mass is 32.2. The monoisotopic (exact) mass is 291 g/mol. The molecule has 1 aliphatic heterocycles. The predicted octanol–water partition coefficient (Wildman–Crippen LogP) is -0.810. The van der Waals surface area contributed by atoms with E-state index < -0.39 is 16.7 Å². The van der Waals surface area contributed by atoms with Crippen LogP contribution in [-0.4, -0.2) is 64.8 Å². The molecule has 0 unspecified atom stereocenters. The van der Waals surface area contributed by atoms with Gasteiger partial charge in [0.1, 0.15) is 6.04 Å². The zero-order chi connectivity index (χ0) is 14.5. The molecule has 1 aliphatic rings. The van der Waals surface area contributed by atoms with Gasteiger partial charge >= 0.3 is 0 Å². The van der Waals surface area contributed by atoms with Gasteiger partial charge in [-0.3, -0.25) is 9.59 Å². The van der Waals surface area contributed by atoms with Crippen LogP contribution >= 0.6 is 11.8 Å². The largest absolute Gasteiger partial charge is 0.378 e. The lowest BCUT2D eigenvalue weighted by Gasteiger charge is -2.32. The summed E-state index contributed by atoms with van der Waals surface area (Å²) in [4.78, 5) is 24.9. The Morgan fingerprint density at radius 3 is 2.53 bits per heavy atom. The topological polar surface area (TPSA) is 105 Å². The Hall–Kier alpha value is -0.830. The summed E-state index contributed by atoms with van der Waals surface area (Å²) in [6.07, 6.45) is 0. The molecular formula is C11H21N3O4S. The van der Waals surface area contributed by atoms with E-state index in [1.54, 1.807) is 18.7 Å². The molecule has 2 amide bonds.